The number of fused-ring (bicyclic) bond motifs is 1. The normalized spacial score (nSPS) is 16.7. The second-order valence-corrected chi connectivity index (χ2v) is 6.39. The van der Waals surface area contributed by atoms with Gasteiger partial charge in [0.1, 0.15) is 5.54 Å². The Kier molecular flexibility index (Phi) is 3.97. The second kappa shape index (κ2) is 6.29. The van der Waals surface area contributed by atoms with Crippen molar-refractivity contribution in [2.75, 3.05) is 13.2 Å². The van der Waals surface area contributed by atoms with Gasteiger partial charge in [0.15, 0.2) is 5.82 Å². The molecule has 0 bridgehead atoms. The summed E-state index contributed by atoms with van der Waals surface area (Å²) < 4.78 is 7.47. The number of benzene rings is 1. The summed E-state index contributed by atoms with van der Waals surface area (Å²) >= 11 is 0. The second-order valence-electron chi connectivity index (χ2n) is 6.39. The lowest BCUT2D eigenvalue weighted by Gasteiger charge is -2.36. The smallest absolute Gasteiger partial charge is 0.254 e. The fourth-order valence-electron chi connectivity index (χ4n) is 3.48. The number of nitrogens with one attached hydrogen (secondary N) is 1. The summed E-state index contributed by atoms with van der Waals surface area (Å²) in [5.41, 5.74) is 1.11. The van der Waals surface area contributed by atoms with Gasteiger partial charge in [-0.1, -0.05) is 18.2 Å². The maximum absolute atomic E-state index is 13.1. The van der Waals surface area contributed by atoms with E-state index in [1.165, 1.54) is 0 Å². The molecule has 0 aliphatic carbocycles. The number of carbonyl (C=O) groups is 1. The van der Waals surface area contributed by atoms with Crippen LogP contribution < -0.4 is 5.32 Å². The Morgan fingerprint density at radius 3 is 2.64 bits per heavy atom. The predicted molar refractivity (Wildman–Crippen MR) is 94.1 cm³/mol. The monoisotopic (exact) mass is 336 g/mol. The molecule has 6 nitrogen and oxygen atoms in total. The first-order valence-corrected chi connectivity index (χ1v) is 8.41. The number of aromatic nitrogens is 3. The van der Waals surface area contributed by atoms with E-state index in [9.17, 15) is 4.79 Å². The van der Waals surface area contributed by atoms with Crippen LogP contribution in [0.25, 0.3) is 10.9 Å². The molecule has 1 fully saturated rings. The van der Waals surface area contributed by atoms with Gasteiger partial charge >= 0.3 is 0 Å². The van der Waals surface area contributed by atoms with E-state index in [0.29, 0.717) is 37.4 Å². The van der Waals surface area contributed by atoms with Crippen LogP contribution in [0.15, 0.2) is 48.9 Å². The maximum atomic E-state index is 13.1. The fourth-order valence-corrected chi connectivity index (χ4v) is 3.48. The summed E-state index contributed by atoms with van der Waals surface area (Å²) in [5.74, 6) is 0.540. The molecule has 1 aliphatic rings. The summed E-state index contributed by atoms with van der Waals surface area (Å²) in [7, 11) is 1.95. The van der Waals surface area contributed by atoms with E-state index in [1.54, 1.807) is 18.5 Å². The number of para-hydroxylation sites is 1. The van der Waals surface area contributed by atoms with Gasteiger partial charge in [-0.25, -0.2) is 9.97 Å². The molecule has 128 valence electrons. The first kappa shape index (κ1) is 15.8. The average Bonchev–Trinajstić information content (AvgIpc) is 3.01. The molecule has 1 aromatic carbocycles. The Bertz CT molecular complexity index is 898. The molecule has 4 rings (SSSR count). The molecule has 2 aromatic heterocycles. The molecule has 1 N–H and O–H groups in total. The van der Waals surface area contributed by atoms with E-state index in [4.69, 9.17) is 4.74 Å². The number of carbonyl (C=O) groups excluding carboxylic acids is 1. The van der Waals surface area contributed by atoms with Crippen LogP contribution in [0.5, 0.6) is 0 Å². The highest BCUT2D eigenvalue weighted by atomic mass is 16.5. The van der Waals surface area contributed by atoms with Gasteiger partial charge < -0.3 is 14.6 Å². The van der Waals surface area contributed by atoms with Crippen molar-refractivity contribution in [2.45, 2.75) is 18.4 Å². The topological polar surface area (TPSA) is 69.0 Å². The molecule has 0 spiro atoms. The highest BCUT2D eigenvalue weighted by Crippen LogP contribution is 2.31. The lowest BCUT2D eigenvalue weighted by Crippen LogP contribution is -2.50. The van der Waals surface area contributed by atoms with Crippen LogP contribution in [-0.2, 0) is 17.3 Å². The molecule has 3 aromatic rings. The summed E-state index contributed by atoms with van der Waals surface area (Å²) in [6.07, 6.45) is 6.62. The average molecular weight is 336 g/mol. The van der Waals surface area contributed by atoms with Gasteiger partial charge in [-0.05, 0) is 12.1 Å². The highest BCUT2D eigenvalue weighted by Gasteiger charge is 2.39. The SMILES string of the molecule is Cn1cc(C(=O)NC2(c3ncccn3)CCOCC2)c2ccccc21. The summed E-state index contributed by atoms with van der Waals surface area (Å²) in [6.45, 7) is 1.15. The van der Waals surface area contributed by atoms with Crippen molar-refractivity contribution in [1.82, 2.24) is 19.9 Å². The van der Waals surface area contributed by atoms with Gasteiger partial charge in [-0.15, -0.1) is 0 Å². The van der Waals surface area contributed by atoms with Crippen molar-refractivity contribution in [3.05, 3.63) is 60.3 Å². The quantitative estimate of drug-likeness (QED) is 0.797. The first-order valence-electron chi connectivity index (χ1n) is 8.41. The van der Waals surface area contributed by atoms with Crippen LogP contribution in [0, 0.1) is 0 Å². The summed E-state index contributed by atoms with van der Waals surface area (Å²) in [6, 6.07) is 9.69. The van der Waals surface area contributed by atoms with E-state index in [0.717, 1.165) is 10.9 Å². The van der Waals surface area contributed by atoms with Gasteiger partial charge in [0.05, 0.1) is 5.56 Å². The highest BCUT2D eigenvalue weighted by molar-refractivity contribution is 6.07. The number of amides is 1. The standard InChI is InChI=1S/C19H20N4O2/c1-23-13-15(14-5-2-3-6-16(14)23)17(24)22-19(7-11-25-12-8-19)18-20-9-4-10-21-18/h2-6,9-10,13H,7-8,11-12H2,1H3,(H,22,24). The van der Waals surface area contributed by atoms with Gasteiger partial charge in [-0.3, -0.25) is 4.79 Å². The van der Waals surface area contributed by atoms with Crippen molar-refractivity contribution in [1.29, 1.82) is 0 Å². The van der Waals surface area contributed by atoms with Gasteiger partial charge in [0, 0.05) is 62.6 Å². The predicted octanol–water partition coefficient (Wildman–Crippen LogP) is 2.40. The molecule has 1 aliphatic heterocycles. The molecular weight excluding hydrogens is 316 g/mol. The van der Waals surface area contributed by atoms with Crippen molar-refractivity contribution < 1.29 is 9.53 Å². The zero-order valence-corrected chi connectivity index (χ0v) is 14.1. The van der Waals surface area contributed by atoms with Gasteiger partial charge in [-0.2, -0.15) is 0 Å². The molecule has 1 amide bonds. The number of aryl methyl sites for hydroxylation is 1. The Balaban J connectivity index is 1.71. The van der Waals surface area contributed by atoms with E-state index in [2.05, 4.69) is 15.3 Å². The van der Waals surface area contributed by atoms with Crippen LogP contribution in [0.4, 0.5) is 0 Å². The van der Waals surface area contributed by atoms with E-state index in [1.807, 2.05) is 42.1 Å². The Labute approximate surface area is 145 Å². The van der Waals surface area contributed by atoms with Crippen LogP contribution in [0.1, 0.15) is 29.0 Å². The van der Waals surface area contributed by atoms with E-state index >= 15 is 0 Å². The largest absolute Gasteiger partial charge is 0.381 e. The number of nitrogens with zero attached hydrogens (tertiary/aromatic N) is 3. The Hall–Kier alpha value is -2.73. The lowest BCUT2D eigenvalue weighted by molar-refractivity contribution is 0.0314. The number of hydrogen-bond donors (Lipinski definition) is 1. The van der Waals surface area contributed by atoms with Gasteiger partial charge in [0.25, 0.3) is 5.91 Å². The molecule has 0 radical (unpaired) electrons. The molecule has 25 heavy (non-hydrogen) atoms. The molecular formula is C19H20N4O2. The van der Waals surface area contributed by atoms with Crippen LogP contribution >= 0.6 is 0 Å². The summed E-state index contributed by atoms with van der Waals surface area (Å²) in [4.78, 5) is 21.9. The molecule has 1 saturated heterocycles. The van der Waals surface area contributed by atoms with Crippen LogP contribution in [-0.4, -0.2) is 33.7 Å². The van der Waals surface area contributed by atoms with E-state index < -0.39 is 5.54 Å². The Morgan fingerprint density at radius 1 is 1.16 bits per heavy atom. The third kappa shape index (κ3) is 2.78. The summed E-state index contributed by atoms with van der Waals surface area (Å²) in [5, 5.41) is 4.16. The fraction of sp³-hybridized carbons (Fsp3) is 0.316. The van der Waals surface area contributed by atoms with E-state index in [-0.39, 0.29) is 5.91 Å². The lowest BCUT2D eigenvalue weighted by atomic mass is 9.88. The van der Waals surface area contributed by atoms with Crippen molar-refractivity contribution >= 4 is 16.8 Å². The number of rotatable bonds is 3. The first-order chi connectivity index (χ1) is 12.2. The molecule has 3 heterocycles. The minimum absolute atomic E-state index is 0.105. The molecule has 6 heteroatoms. The van der Waals surface area contributed by atoms with Crippen molar-refractivity contribution in [2.24, 2.45) is 7.05 Å². The third-order valence-electron chi connectivity index (χ3n) is 4.83. The maximum Gasteiger partial charge on any atom is 0.254 e. The molecule has 0 unspecified atom stereocenters. The molecule has 0 atom stereocenters. The zero-order valence-electron chi connectivity index (χ0n) is 14.1. The number of hydrogen-bond acceptors (Lipinski definition) is 4. The molecule has 0 saturated carbocycles. The van der Waals surface area contributed by atoms with Crippen LogP contribution in [0.3, 0.4) is 0 Å². The van der Waals surface area contributed by atoms with Crippen LogP contribution in [0.2, 0.25) is 0 Å². The van der Waals surface area contributed by atoms with Crippen molar-refractivity contribution in [3.63, 3.8) is 0 Å². The minimum atomic E-state index is -0.590. The number of ether oxygens (including phenoxy) is 1. The Morgan fingerprint density at radius 2 is 1.88 bits per heavy atom. The van der Waals surface area contributed by atoms with Crippen molar-refractivity contribution in [3.8, 4) is 0 Å². The minimum Gasteiger partial charge on any atom is -0.381 e. The zero-order chi connectivity index (χ0) is 17.3. The third-order valence-corrected chi connectivity index (χ3v) is 4.83. The van der Waals surface area contributed by atoms with Gasteiger partial charge in [0.2, 0.25) is 0 Å².